The number of aryl methyl sites for hydroxylation is 1. The largest absolute Gasteiger partial charge is 0.384 e. The number of ether oxygens (including phenoxy) is 1. The highest BCUT2D eigenvalue weighted by Crippen LogP contribution is 2.16. The summed E-state index contributed by atoms with van der Waals surface area (Å²) in [6, 6.07) is 12.5. The first-order valence-electron chi connectivity index (χ1n) is 7.12. The summed E-state index contributed by atoms with van der Waals surface area (Å²) in [6.45, 7) is 3.55. The summed E-state index contributed by atoms with van der Waals surface area (Å²) in [6.07, 6.45) is 2.61. The number of nitrogens with zero attached hydrogens (tertiary/aromatic N) is 3. The van der Waals surface area contributed by atoms with Crippen molar-refractivity contribution in [3.8, 4) is 0 Å². The van der Waals surface area contributed by atoms with Crippen LogP contribution < -0.4 is 0 Å². The Bertz CT molecular complexity index is 731. The summed E-state index contributed by atoms with van der Waals surface area (Å²) in [4.78, 5) is 9.17. The SMILES string of the molecule is COCCc1nc2cccnc2n1Cc1ccc(C)cc1. The third kappa shape index (κ3) is 2.95. The van der Waals surface area contributed by atoms with Gasteiger partial charge in [-0.1, -0.05) is 29.8 Å². The molecule has 21 heavy (non-hydrogen) atoms. The maximum Gasteiger partial charge on any atom is 0.160 e. The normalized spacial score (nSPS) is 11.1. The lowest BCUT2D eigenvalue weighted by Gasteiger charge is -2.09. The molecule has 108 valence electrons. The smallest absolute Gasteiger partial charge is 0.160 e. The molecule has 0 fully saturated rings. The van der Waals surface area contributed by atoms with E-state index >= 15 is 0 Å². The molecule has 4 nitrogen and oxygen atoms in total. The van der Waals surface area contributed by atoms with Crippen LogP contribution in [0.15, 0.2) is 42.6 Å². The molecule has 0 aliphatic rings. The Morgan fingerprint density at radius 2 is 1.95 bits per heavy atom. The van der Waals surface area contributed by atoms with Gasteiger partial charge in [0, 0.05) is 19.7 Å². The fourth-order valence-corrected chi connectivity index (χ4v) is 2.43. The van der Waals surface area contributed by atoms with E-state index in [2.05, 4.69) is 45.7 Å². The number of rotatable bonds is 5. The first-order valence-corrected chi connectivity index (χ1v) is 7.12. The van der Waals surface area contributed by atoms with Crippen molar-refractivity contribution in [1.29, 1.82) is 0 Å². The van der Waals surface area contributed by atoms with Crippen molar-refractivity contribution in [2.75, 3.05) is 13.7 Å². The number of aromatic nitrogens is 3. The highest BCUT2D eigenvalue weighted by atomic mass is 16.5. The second-order valence-electron chi connectivity index (χ2n) is 5.19. The van der Waals surface area contributed by atoms with Crippen LogP contribution in [0.5, 0.6) is 0 Å². The van der Waals surface area contributed by atoms with Crippen LogP contribution >= 0.6 is 0 Å². The van der Waals surface area contributed by atoms with Crippen molar-refractivity contribution >= 4 is 11.2 Å². The molecule has 0 spiro atoms. The average Bonchev–Trinajstić information content (AvgIpc) is 2.85. The van der Waals surface area contributed by atoms with Gasteiger partial charge in [-0.05, 0) is 24.6 Å². The predicted molar refractivity (Wildman–Crippen MR) is 83.4 cm³/mol. The number of pyridine rings is 1. The van der Waals surface area contributed by atoms with Crippen LogP contribution in [0.3, 0.4) is 0 Å². The minimum absolute atomic E-state index is 0.664. The molecule has 2 aromatic heterocycles. The molecule has 0 unspecified atom stereocenters. The Hall–Kier alpha value is -2.20. The van der Waals surface area contributed by atoms with E-state index in [0.29, 0.717) is 6.61 Å². The van der Waals surface area contributed by atoms with E-state index in [1.54, 1.807) is 7.11 Å². The molecule has 4 heteroatoms. The maximum atomic E-state index is 5.19. The number of hydrogen-bond donors (Lipinski definition) is 0. The standard InChI is InChI=1S/C17H19N3O/c1-13-5-7-14(8-6-13)12-20-16(9-11-21-2)19-15-4-3-10-18-17(15)20/h3-8,10H,9,11-12H2,1-2H3. The van der Waals surface area contributed by atoms with Gasteiger partial charge >= 0.3 is 0 Å². The molecule has 0 atom stereocenters. The molecular weight excluding hydrogens is 262 g/mol. The van der Waals surface area contributed by atoms with E-state index in [-0.39, 0.29) is 0 Å². The molecule has 0 saturated carbocycles. The quantitative estimate of drug-likeness (QED) is 0.722. The molecule has 0 N–H and O–H groups in total. The Morgan fingerprint density at radius 3 is 2.71 bits per heavy atom. The molecule has 0 aliphatic carbocycles. The number of methoxy groups -OCH3 is 1. The van der Waals surface area contributed by atoms with Crippen LogP contribution in [-0.4, -0.2) is 28.3 Å². The molecule has 0 amide bonds. The lowest BCUT2D eigenvalue weighted by molar-refractivity contribution is 0.200. The third-order valence-corrected chi connectivity index (χ3v) is 3.57. The summed E-state index contributed by atoms with van der Waals surface area (Å²) in [5.74, 6) is 1.02. The highest BCUT2D eigenvalue weighted by Gasteiger charge is 2.11. The molecular formula is C17H19N3O. The number of imidazole rings is 1. The van der Waals surface area contributed by atoms with Crippen LogP contribution in [0.4, 0.5) is 0 Å². The molecule has 0 radical (unpaired) electrons. The van der Waals surface area contributed by atoms with Crippen LogP contribution in [0.1, 0.15) is 17.0 Å². The summed E-state index contributed by atoms with van der Waals surface area (Å²) in [7, 11) is 1.71. The first-order chi connectivity index (χ1) is 10.3. The minimum Gasteiger partial charge on any atom is -0.384 e. The molecule has 0 bridgehead atoms. The van der Waals surface area contributed by atoms with Crippen LogP contribution in [0.2, 0.25) is 0 Å². The Balaban J connectivity index is 1.99. The zero-order valence-corrected chi connectivity index (χ0v) is 12.4. The van der Waals surface area contributed by atoms with Crippen molar-refractivity contribution in [3.05, 3.63) is 59.5 Å². The second-order valence-corrected chi connectivity index (χ2v) is 5.19. The predicted octanol–water partition coefficient (Wildman–Crippen LogP) is 2.98. The van der Waals surface area contributed by atoms with Gasteiger partial charge < -0.3 is 9.30 Å². The van der Waals surface area contributed by atoms with E-state index < -0.39 is 0 Å². The summed E-state index contributed by atoms with van der Waals surface area (Å²) in [5.41, 5.74) is 4.40. The van der Waals surface area contributed by atoms with Gasteiger partial charge in [0.1, 0.15) is 11.3 Å². The molecule has 3 rings (SSSR count). The summed E-state index contributed by atoms with van der Waals surface area (Å²) >= 11 is 0. The van der Waals surface area contributed by atoms with Gasteiger partial charge in [0.25, 0.3) is 0 Å². The van der Waals surface area contributed by atoms with Gasteiger partial charge in [-0.15, -0.1) is 0 Å². The fourth-order valence-electron chi connectivity index (χ4n) is 2.43. The number of fused-ring (bicyclic) bond motifs is 1. The van der Waals surface area contributed by atoms with E-state index in [9.17, 15) is 0 Å². The second kappa shape index (κ2) is 6.06. The lowest BCUT2D eigenvalue weighted by atomic mass is 10.1. The van der Waals surface area contributed by atoms with Crippen LogP contribution in [-0.2, 0) is 17.7 Å². The Kier molecular flexibility index (Phi) is 3.97. The van der Waals surface area contributed by atoms with Gasteiger partial charge in [-0.3, -0.25) is 0 Å². The third-order valence-electron chi connectivity index (χ3n) is 3.57. The zero-order valence-electron chi connectivity index (χ0n) is 12.4. The first kappa shape index (κ1) is 13.8. The van der Waals surface area contributed by atoms with Gasteiger partial charge in [-0.25, -0.2) is 9.97 Å². The van der Waals surface area contributed by atoms with E-state index in [4.69, 9.17) is 4.74 Å². The monoisotopic (exact) mass is 281 g/mol. The Morgan fingerprint density at radius 1 is 1.14 bits per heavy atom. The average molecular weight is 281 g/mol. The van der Waals surface area contributed by atoms with Gasteiger partial charge in [0.2, 0.25) is 0 Å². The van der Waals surface area contributed by atoms with E-state index in [1.165, 1.54) is 11.1 Å². The zero-order chi connectivity index (χ0) is 14.7. The van der Waals surface area contributed by atoms with Gasteiger partial charge in [0.05, 0.1) is 13.2 Å². The van der Waals surface area contributed by atoms with Crippen molar-refractivity contribution in [2.24, 2.45) is 0 Å². The summed E-state index contributed by atoms with van der Waals surface area (Å²) < 4.78 is 7.37. The lowest BCUT2D eigenvalue weighted by Crippen LogP contribution is -2.08. The topological polar surface area (TPSA) is 39.9 Å². The van der Waals surface area contributed by atoms with Gasteiger partial charge in [0.15, 0.2) is 5.65 Å². The van der Waals surface area contributed by atoms with Crippen LogP contribution in [0.25, 0.3) is 11.2 Å². The number of benzene rings is 1. The van der Waals surface area contributed by atoms with Crippen molar-refractivity contribution in [2.45, 2.75) is 19.9 Å². The number of hydrogen-bond acceptors (Lipinski definition) is 3. The molecule has 1 aromatic carbocycles. The minimum atomic E-state index is 0.664. The van der Waals surface area contributed by atoms with Crippen molar-refractivity contribution in [1.82, 2.24) is 14.5 Å². The Labute approximate surface area is 124 Å². The molecule has 0 saturated heterocycles. The fraction of sp³-hybridized carbons (Fsp3) is 0.294. The highest BCUT2D eigenvalue weighted by molar-refractivity contribution is 5.71. The van der Waals surface area contributed by atoms with E-state index in [1.807, 2.05) is 18.3 Å². The van der Waals surface area contributed by atoms with Gasteiger partial charge in [-0.2, -0.15) is 0 Å². The molecule has 3 aromatic rings. The van der Waals surface area contributed by atoms with Crippen LogP contribution in [0, 0.1) is 6.92 Å². The summed E-state index contributed by atoms with van der Waals surface area (Å²) in [5, 5.41) is 0. The van der Waals surface area contributed by atoms with E-state index in [0.717, 1.165) is 30.0 Å². The molecule has 0 aliphatic heterocycles. The molecule has 2 heterocycles. The maximum absolute atomic E-state index is 5.19. The van der Waals surface area contributed by atoms with Crippen molar-refractivity contribution < 1.29 is 4.74 Å². The van der Waals surface area contributed by atoms with Crippen molar-refractivity contribution in [3.63, 3.8) is 0 Å².